The van der Waals surface area contributed by atoms with Crippen molar-refractivity contribution in [3.8, 4) is 11.5 Å². The molecule has 0 aliphatic carbocycles. The van der Waals surface area contributed by atoms with E-state index in [1.165, 1.54) is 67.3 Å². The molecule has 2 aromatic rings. The Morgan fingerprint density at radius 3 is 1.21 bits per heavy atom. The lowest BCUT2D eigenvalue weighted by molar-refractivity contribution is -0.142. The van der Waals surface area contributed by atoms with Gasteiger partial charge in [-0.2, -0.15) is 25.3 Å². The van der Waals surface area contributed by atoms with Crippen LogP contribution in [0, 0.1) is 17.8 Å². The van der Waals surface area contributed by atoms with Crippen LogP contribution in [-0.4, -0.2) is 302 Å². The summed E-state index contributed by atoms with van der Waals surface area (Å²) in [5.41, 5.74) is 53.1. The third-order valence-electron chi connectivity index (χ3n) is 22.1. The number of carboxylic acid groups (broad SMARTS) is 1. The number of likely N-dealkylation sites (tertiary alicyclic amines) is 1. The number of carbonyl (C=O) groups excluding carboxylic acids is 16. The third kappa shape index (κ3) is 39.0. The van der Waals surface area contributed by atoms with E-state index >= 15 is 0 Å². The van der Waals surface area contributed by atoms with E-state index in [0.717, 1.165) is 6.92 Å². The number of aliphatic imine (C=N–C) groups is 1. The van der Waals surface area contributed by atoms with E-state index < -0.39 is 245 Å². The van der Waals surface area contributed by atoms with E-state index in [1.54, 1.807) is 41.5 Å². The molecule has 0 saturated carbocycles. The molecule has 0 spiro atoms. The van der Waals surface area contributed by atoms with Gasteiger partial charge in [0.15, 0.2) is 5.96 Å². The molecule has 37 N–H and O–H groups in total. The predicted octanol–water partition coefficient (Wildman–Crippen LogP) is -8.74. The van der Waals surface area contributed by atoms with Gasteiger partial charge in [0.2, 0.25) is 94.5 Å². The van der Waals surface area contributed by atoms with E-state index in [1.807, 2.05) is 0 Å². The lowest BCUT2D eigenvalue weighted by Gasteiger charge is -2.33. The first kappa shape index (κ1) is 116. The SMILES string of the molecule is CC[C@H](C)[C@H](NC(=O)[C@@H](NC(=O)[C@@H]1C[C@@H](O)CN1C(=O)[C@@H](N)C(C)C)[C@@H](C)CC)C(=O)N[C@@H](Cc1ccc(O)cc1)C(=O)N[C@H](C(=O)N[C@@H](CC(N)=O)C(=O)N[C@@H](CCCN=C(N)N)C(=O)N[C@@H](CCN)C(=O)N[C@H](C(=O)N[C@H](CCN)C(=O)N[C@@H](CCCCN)C(=O)N[C@@H](CS)C(=O)N[C@@H](CCN)C(=O)N[C@@H](CCN)C(=O)N[C@@H](Cc1ccc(O)cc1)C(=O)O)[C@@H](C)O)C(C)(C)S. The van der Waals surface area contributed by atoms with E-state index in [4.69, 9.17) is 51.6 Å². The molecule has 16 amide bonds. The monoisotopic (exact) mass is 1920 g/mol. The quantitative estimate of drug-likeness (QED) is 0.0127. The number of nitrogens with zero attached hydrogens (tertiary/aromatic N) is 2. The van der Waals surface area contributed by atoms with Crippen molar-refractivity contribution < 1.29 is 107 Å². The number of β-amino-alcohol motifs (C(OH)–C–C–N with tert-alkyl or cyclic N) is 1. The Hall–Kier alpha value is -11.3. The summed E-state index contributed by atoms with van der Waals surface area (Å²) in [5.74, 6) is -20.2. The molecule has 47 nitrogen and oxygen atoms in total. The van der Waals surface area contributed by atoms with Crippen LogP contribution in [0.15, 0.2) is 53.5 Å². The summed E-state index contributed by atoms with van der Waals surface area (Å²) in [4.78, 5) is 245. The van der Waals surface area contributed by atoms with Crippen molar-refractivity contribution in [3.63, 3.8) is 0 Å². The number of phenolic OH excluding ortho intramolecular Hbond substituents is 2. The van der Waals surface area contributed by atoms with Gasteiger partial charge < -0.3 is 156 Å². The largest absolute Gasteiger partial charge is 0.508 e. The number of carbonyl (C=O) groups is 17. The number of primary amides is 1. The zero-order chi connectivity index (χ0) is 100. The molecular weight excluding hydrogens is 1780 g/mol. The van der Waals surface area contributed by atoms with Gasteiger partial charge >= 0.3 is 5.97 Å². The van der Waals surface area contributed by atoms with Crippen LogP contribution in [0.1, 0.15) is 157 Å². The lowest BCUT2D eigenvalue weighted by atomic mass is 9.94. The maximum absolute atomic E-state index is 15.0. The molecule has 0 aromatic heterocycles. The Morgan fingerprint density at radius 2 is 0.812 bits per heavy atom. The first-order chi connectivity index (χ1) is 62.5. The molecule has 1 heterocycles. The normalized spacial score (nSPS) is 17.2. The number of aliphatic hydroxyl groups excluding tert-OH is 2. The van der Waals surface area contributed by atoms with Crippen LogP contribution < -0.4 is 126 Å². The van der Waals surface area contributed by atoms with Crippen molar-refractivity contribution in [2.24, 2.45) is 74.3 Å². The van der Waals surface area contributed by atoms with Gasteiger partial charge in [-0.05, 0) is 164 Å². The van der Waals surface area contributed by atoms with E-state index in [9.17, 15) is 107 Å². The maximum Gasteiger partial charge on any atom is 0.326 e. The Bertz CT molecular complexity index is 4250. The molecular formula is C84H141N25O22S2. The summed E-state index contributed by atoms with van der Waals surface area (Å²) in [7, 11) is 0. The van der Waals surface area contributed by atoms with Crippen LogP contribution in [0.4, 0.5) is 0 Å². The maximum atomic E-state index is 15.0. The van der Waals surface area contributed by atoms with Gasteiger partial charge in [-0.15, -0.1) is 0 Å². The Balaban J connectivity index is 1.93. The highest BCUT2D eigenvalue weighted by atomic mass is 32.1. The number of nitrogens with one attached hydrogen (secondary N) is 14. The second kappa shape index (κ2) is 58.0. The van der Waals surface area contributed by atoms with Crippen molar-refractivity contribution in [1.82, 2.24) is 79.3 Å². The van der Waals surface area contributed by atoms with Crippen molar-refractivity contribution in [2.45, 2.75) is 272 Å². The second-order valence-corrected chi connectivity index (χ2v) is 35.3. The molecule has 49 heteroatoms. The van der Waals surface area contributed by atoms with E-state index in [0.29, 0.717) is 24.0 Å². The molecule has 20 atom stereocenters. The topological polar surface area (TPSA) is 810 Å². The summed E-state index contributed by atoms with van der Waals surface area (Å²) in [6.07, 6.45) is -5.16. The fourth-order valence-corrected chi connectivity index (χ4v) is 14.3. The minimum absolute atomic E-state index is 0.0816. The minimum Gasteiger partial charge on any atom is -0.508 e. The highest BCUT2D eigenvalue weighted by Gasteiger charge is 2.46. The third-order valence-corrected chi connectivity index (χ3v) is 22.8. The highest BCUT2D eigenvalue weighted by Crippen LogP contribution is 2.25. The number of hydrogen-bond donors (Lipinski definition) is 30. The Labute approximate surface area is 783 Å². The van der Waals surface area contributed by atoms with Crippen LogP contribution in [-0.2, 0) is 94.3 Å². The zero-order valence-electron chi connectivity index (χ0n) is 76.7. The van der Waals surface area contributed by atoms with Crippen LogP contribution in [0.3, 0.4) is 0 Å². The number of hydrogen-bond acceptors (Lipinski definition) is 30. The molecule has 0 bridgehead atoms. The molecule has 0 radical (unpaired) electrons. The number of guanidine groups is 1. The van der Waals surface area contributed by atoms with Gasteiger partial charge in [0, 0.05) is 42.9 Å². The first-order valence-corrected chi connectivity index (χ1v) is 45.3. The van der Waals surface area contributed by atoms with Gasteiger partial charge in [-0.1, -0.05) is 78.6 Å². The Morgan fingerprint density at radius 1 is 0.459 bits per heavy atom. The number of aromatic hydroxyl groups is 2. The minimum atomic E-state index is -1.98. The number of carboxylic acids is 1. The molecule has 2 aromatic carbocycles. The van der Waals surface area contributed by atoms with Crippen molar-refractivity contribution in [3.05, 3.63) is 59.7 Å². The standard InChI is InChI=1S/C84H141N25O22S2/c1-10-42(5)63(106-78(126)64(43(6)11-2)105-76(124)60-37-49(113)39-109(60)81(129)62(91)41(3)4)77(125)101-56(35-45-17-21-47(111)22-18-45)74(122)108-66(84(8,9)133)80(128)102-57(38-61(90)114)73(121)96-51(16-14-34-94-83(92)93)67(115)98-55(28-33-89)72(120)107-65(44(7)110)79(127)100-54(27-32-88)70(118)95-50(15-12-13-29-85)68(116)104-59(40-132)75(123)99-52(25-30-86)69(117)97-53(26-31-87)71(119)103-58(82(130)131)36-46-19-23-48(112)24-20-46/h17-24,41-44,49-60,62-66,110-113,132-133H,10-16,25-40,85-89,91H2,1-9H3,(H2,90,114)(H,95,118)(H,96,121)(H,97,117)(H,98,115)(H,99,123)(H,100,127)(H,101,125)(H,102,128)(H,103,119)(H,104,116)(H,105,124)(H,106,126)(H,107,120)(H,108,122)(H,130,131)(H4,92,93,94)/t42-,43-,44+,49+,50-,51-,52-,53-,54+,55-,56-,57-,58-,59-,60-,62-,63-,64-,65-,66+/m0/s1. The zero-order valence-corrected chi connectivity index (χ0v) is 78.5. The van der Waals surface area contributed by atoms with Gasteiger partial charge in [0.25, 0.3) is 0 Å². The number of aliphatic carboxylic acids is 1. The number of aliphatic hydroxyl groups is 2. The number of thiol groups is 2. The summed E-state index contributed by atoms with van der Waals surface area (Å²) >= 11 is 8.89. The van der Waals surface area contributed by atoms with Crippen molar-refractivity contribution >= 4 is 132 Å². The van der Waals surface area contributed by atoms with Gasteiger partial charge in [0.1, 0.15) is 102 Å². The molecule has 0 unspecified atom stereocenters. The first-order valence-electron chi connectivity index (χ1n) is 44.2. The number of benzene rings is 2. The molecule has 1 aliphatic rings. The molecule has 133 heavy (non-hydrogen) atoms. The smallest absolute Gasteiger partial charge is 0.326 e. The number of rotatable bonds is 60. The fraction of sp³-hybridized carbons (Fsp3) is 0.643. The highest BCUT2D eigenvalue weighted by molar-refractivity contribution is 7.81. The van der Waals surface area contributed by atoms with Crippen LogP contribution in [0.5, 0.6) is 11.5 Å². The van der Waals surface area contributed by atoms with Crippen molar-refractivity contribution in [1.29, 1.82) is 0 Å². The second-order valence-electron chi connectivity index (χ2n) is 33.8. The molecule has 1 saturated heterocycles. The van der Waals surface area contributed by atoms with E-state index in [2.05, 4.69) is 105 Å². The van der Waals surface area contributed by atoms with Crippen LogP contribution in [0.2, 0.25) is 0 Å². The molecule has 1 aliphatic heterocycles. The Kier molecular flexibility index (Phi) is 50.5. The summed E-state index contributed by atoms with van der Waals surface area (Å²) in [6.45, 7) is 12.9. The molecule has 3 rings (SSSR count). The fourth-order valence-electron chi connectivity index (χ4n) is 13.9. The number of amides is 16. The number of nitrogens with two attached hydrogens (primary N) is 9. The van der Waals surface area contributed by atoms with E-state index in [-0.39, 0.29) is 140 Å². The average molecular weight is 1920 g/mol. The molecule has 1 fully saturated rings. The summed E-state index contributed by atoms with van der Waals surface area (Å²) in [5, 5.41) is 86.8. The number of unbranched alkanes of at least 4 members (excludes halogenated alkanes) is 1. The lowest BCUT2D eigenvalue weighted by Crippen LogP contribution is -2.64. The predicted molar refractivity (Wildman–Crippen MR) is 496 cm³/mol. The van der Waals surface area contributed by atoms with Gasteiger partial charge in [-0.3, -0.25) is 81.7 Å². The van der Waals surface area contributed by atoms with Crippen LogP contribution in [0.25, 0.3) is 0 Å². The summed E-state index contributed by atoms with van der Waals surface area (Å²) in [6, 6.07) is -13.7. The van der Waals surface area contributed by atoms with Crippen LogP contribution >= 0.6 is 25.3 Å². The average Bonchev–Trinajstić information content (AvgIpc) is 1.74. The van der Waals surface area contributed by atoms with Gasteiger partial charge in [0.05, 0.1) is 24.7 Å². The van der Waals surface area contributed by atoms with Crippen molar-refractivity contribution in [2.75, 3.05) is 51.6 Å². The number of phenols is 2. The van der Waals surface area contributed by atoms with Gasteiger partial charge in [-0.25, -0.2) is 4.79 Å². The molecule has 746 valence electrons. The summed E-state index contributed by atoms with van der Waals surface area (Å²) < 4.78 is -1.60.